The zero-order valence-corrected chi connectivity index (χ0v) is 21.5. The Hall–Kier alpha value is -4.50. The monoisotopic (exact) mass is 573 g/mol. The van der Waals surface area contributed by atoms with Crippen LogP contribution >= 0.6 is 11.6 Å². The Morgan fingerprint density at radius 1 is 1.05 bits per heavy atom. The zero-order chi connectivity index (χ0) is 28.1. The number of benzene rings is 2. The molecule has 6 rings (SSSR count). The molecule has 5 aromatic rings. The van der Waals surface area contributed by atoms with Crippen LogP contribution in [0.4, 0.5) is 24.8 Å². The second-order valence-corrected chi connectivity index (χ2v) is 9.42. The summed E-state index contributed by atoms with van der Waals surface area (Å²) in [5.41, 5.74) is -0.861. The minimum Gasteiger partial charge on any atom is -0.372 e. The van der Waals surface area contributed by atoms with E-state index >= 15 is 0 Å². The number of ether oxygens (including phenoxy) is 1. The van der Waals surface area contributed by atoms with E-state index in [1.165, 1.54) is 11.0 Å². The van der Waals surface area contributed by atoms with Gasteiger partial charge in [-0.3, -0.25) is 9.25 Å². The van der Waals surface area contributed by atoms with Crippen molar-refractivity contribution in [1.29, 1.82) is 0 Å². The minimum atomic E-state index is -1.39. The summed E-state index contributed by atoms with van der Waals surface area (Å²) in [4.78, 5) is 39.3. The standard InChI is InChI=1S/C24H19ClF3N9O3/c1-34-11-29-18(33-34)9-37-23(38)32-22(36(24(37)39)8-12-6-15(27)16(28)7-14(12)26)31-20-13(25)2-3-17-21(20)30-19-10-40-5-4-35(17)19/h2-3,6-7,11H,4-5,8-10H2,1H3,(H,31,32,38). The molecular formula is C24H19ClF3N9O3. The molecule has 3 aromatic heterocycles. The molecule has 1 aliphatic rings. The summed E-state index contributed by atoms with van der Waals surface area (Å²) in [7, 11) is 1.61. The molecule has 0 saturated heterocycles. The van der Waals surface area contributed by atoms with E-state index < -0.39 is 35.4 Å². The largest absolute Gasteiger partial charge is 0.372 e. The van der Waals surface area contributed by atoms with Crippen LogP contribution in [-0.4, -0.2) is 45.0 Å². The van der Waals surface area contributed by atoms with Gasteiger partial charge in [0.15, 0.2) is 17.5 Å². The van der Waals surface area contributed by atoms with Crippen molar-refractivity contribution >= 4 is 34.3 Å². The Balaban J connectivity index is 1.51. The van der Waals surface area contributed by atoms with Crippen molar-refractivity contribution in [3.8, 4) is 0 Å². The molecule has 0 fully saturated rings. The topological polar surface area (TPSA) is 127 Å². The number of aryl methyl sites for hydroxylation is 1. The minimum absolute atomic E-state index is 0.147. The van der Waals surface area contributed by atoms with Gasteiger partial charge in [-0.1, -0.05) is 11.6 Å². The molecule has 0 atom stereocenters. The average molecular weight is 574 g/mol. The Kier molecular flexibility index (Phi) is 6.38. The van der Waals surface area contributed by atoms with Gasteiger partial charge >= 0.3 is 11.4 Å². The van der Waals surface area contributed by atoms with Gasteiger partial charge in [0.25, 0.3) is 0 Å². The highest BCUT2D eigenvalue weighted by Crippen LogP contribution is 2.34. The van der Waals surface area contributed by atoms with Gasteiger partial charge in [0.05, 0.1) is 35.9 Å². The molecular weight excluding hydrogens is 555 g/mol. The summed E-state index contributed by atoms with van der Waals surface area (Å²) in [6, 6.07) is 4.40. The maximum Gasteiger partial charge on any atom is 0.355 e. The van der Waals surface area contributed by atoms with Crippen LogP contribution < -0.4 is 16.7 Å². The third-order valence-corrected chi connectivity index (χ3v) is 6.71. The molecule has 40 heavy (non-hydrogen) atoms. The molecule has 1 N–H and O–H groups in total. The molecule has 0 spiro atoms. The maximum atomic E-state index is 14.6. The van der Waals surface area contributed by atoms with Crippen LogP contribution in [0.15, 0.2) is 40.2 Å². The number of aromatic nitrogens is 8. The van der Waals surface area contributed by atoms with Gasteiger partial charge in [0.1, 0.15) is 30.1 Å². The summed E-state index contributed by atoms with van der Waals surface area (Å²) >= 11 is 6.50. The van der Waals surface area contributed by atoms with E-state index in [-0.39, 0.29) is 41.2 Å². The van der Waals surface area contributed by atoms with Gasteiger partial charge in [-0.15, -0.1) is 0 Å². The Morgan fingerprint density at radius 3 is 2.62 bits per heavy atom. The first kappa shape index (κ1) is 25.8. The lowest BCUT2D eigenvalue weighted by atomic mass is 10.2. The zero-order valence-electron chi connectivity index (χ0n) is 20.7. The highest BCUT2D eigenvalue weighted by Gasteiger charge is 2.22. The second-order valence-electron chi connectivity index (χ2n) is 9.01. The molecule has 206 valence electrons. The number of nitrogens with zero attached hydrogens (tertiary/aromatic N) is 8. The lowest BCUT2D eigenvalue weighted by Crippen LogP contribution is -2.43. The van der Waals surface area contributed by atoms with Gasteiger partial charge in [-0.25, -0.2) is 37.3 Å². The van der Waals surface area contributed by atoms with Crippen molar-refractivity contribution in [1.82, 2.24) is 38.4 Å². The third kappa shape index (κ3) is 4.52. The van der Waals surface area contributed by atoms with Crippen molar-refractivity contribution in [3.63, 3.8) is 0 Å². The molecule has 0 radical (unpaired) electrons. The van der Waals surface area contributed by atoms with Gasteiger partial charge in [-0.05, 0) is 18.2 Å². The SMILES string of the molecule is Cn1cnc(Cn2c(=O)nc(Nc3c(Cl)ccc4c3nc3n4CCOC3)n(Cc3cc(F)c(F)cc3F)c2=O)n1. The fourth-order valence-corrected chi connectivity index (χ4v) is 4.68. The highest BCUT2D eigenvalue weighted by atomic mass is 35.5. The van der Waals surface area contributed by atoms with E-state index in [1.807, 2.05) is 4.57 Å². The predicted octanol–water partition coefficient (Wildman–Crippen LogP) is 2.32. The fraction of sp³-hybridized carbons (Fsp3) is 0.250. The van der Waals surface area contributed by atoms with Crippen molar-refractivity contribution in [3.05, 3.63) is 91.2 Å². The number of nitrogens with one attached hydrogen (secondary N) is 1. The number of anilines is 2. The maximum absolute atomic E-state index is 14.6. The average Bonchev–Trinajstić information content (AvgIpc) is 3.51. The van der Waals surface area contributed by atoms with Crippen LogP contribution in [0.25, 0.3) is 11.0 Å². The van der Waals surface area contributed by atoms with Crippen molar-refractivity contribution in [2.75, 3.05) is 11.9 Å². The van der Waals surface area contributed by atoms with E-state index in [4.69, 9.17) is 16.3 Å². The first-order chi connectivity index (χ1) is 19.2. The van der Waals surface area contributed by atoms with Crippen LogP contribution in [-0.2, 0) is 38.0 Å². The van der Waals surface area contributed by atoms with Crippen LogP contribution in [0, 0.1) is 17.5 Å². The Labute approximate surface area is 227 Å². The Morgan fingerprint density at radius 2 is 1.85 bits per heavy atom. The van der Waals surface area contributed by atoms with E-state index in [0.717, 1.165) is 14.7 Å². The number of fused-ring (bicyclic) bond motifs is 3. The quantitative estimate of drug-likeness (QED) is 0.307. The van der Waals surface area contributed by atoms with E-state index in [1.54, 1.807) is 19.2 Å². The van der Waals surface area contributed by atoms with Crippen LogP contribution in [0.1, 0.15) is 17.2 Å². The molecule has 2 aromatic carbocycles. The van der Waals surface area contributed by atoms with Crippen molar-refractivity contribution in [2.24, 2.45) is 7.05 Å². The van der Waals surface area contributed by atoms with E-state index in [9.17, 15) is 22.8 Å². The number of halogens is 4. The van der Waals surface area contributed by atoms with Crippen LogP contribution in [0.5, 0.6) is 0 Å². The fourth-order valence-electron chi connectivity index (χ4n) is 4.48. The van der Waals surface area contributed by atoms with Crippen LogP contribution in [0.2, 0.25) is 5.02 Å². The molecule has 12 nitrogen and oxygen atoms in total. The molecule has 0 amide bonds. The summed E-state index contributed by atoms with van der Waals surface area (Å²) in [6.45, 7) is 0.392. The van der Waals surface area contributed by atoms with E-state index in [0.29, 0.717) is 36.6 Å². The third-order valence-electron chi connectivity index (χ3n) is 6.39. The number of hydrogen-bond acceptors (Lipinski definition) is 8. The highest BCUT2D eigenvalue weighted by molar-refractivity contribution is 6.34. The van der Waals surface area contributed by atoms with Gasteiger partial charge in [0.2, 0.25) is 5.95 Å². The normalized spacial score (nSPS) is 13.1. The molecule has 1 aliphatic heterocycles. The number of rotatable bonds is 6. The first-order valence-electron chi connectivity index (χ1n) is 11.9. The number of imidazole rings is 1. The summed E-state index contributed by atoms with van der Waals surface area (Å²) in [5, 5.41) is 7.17. The van der Waals surface area contributed by atoms with Crippen LogP contribution in [0.3, 0.4) is 0 Å². The summed E-state index contributed by atoms with van der Waals surface area (Å²) < 4.78 is 52.7. The van der Waals surface area contributed by atoms with Crippen molar-refractivity contribution < 1.29 is 17.9 Å². The van der Waals surface area contributed by atoms with Gasteiger partial charge in [-0.2, -0.15) is 10.1 Å². The van der Waals surface area contributed by atoms with Gasteiger partial charge in [0, 0.05) is 25.2 Å². The molecule has 0 aliphatic carbocycles. The summed E-state index contributed by atoms with van der Waals surface area (Å²) in [5.74, 6) is -3.31. The predicted molar refractivity (Wildman–Crippen MR) is 136 cm³/mol. The van der Waals surface area contributed by atoms with Gasteiger partial charge < -0.3 is 14.6 Å². The second kappa shape index (κ2) is 9.91. The molecule has 16 heteroatoms. The smallest absolute Gasteiger partial charge is 0.355 e. The molecule has 0 saturated carbocycles. The van der Waals surface area contributed by atoms with E-state index in [2.05, 4.69) is 25.4 Å². The number of hydrogen-bond donors (Lipinski definition) is 1. The molecule has 4 heterocycles. The lowest BCUT2D eigenvalue weighted by Gasteiger charge is -2.17. The molecule has 0 bridgehead atoms. The van der Waals surface area contributed by atoms with Crippen molar-refractivity contribution in [2.45, 2.75) is 26.2 Å². The molecule has 0 unspecified atom stereocenters. The lowest BCUT2D eigenvalue weighted by molar-refractivity contribution is 0.0830. The summed E-state index contributed by atoms with van der Waals surface area (Å²) in [6.07, 6.45) is 1.39. The Bertz CT molecular complexity index is 1910. The first-order valence-corrected chi connectivity index (χ1v) is 12.3.